The molecule has 0 N–H and O–H groups in total. The van der Waals surface area contributed by atoms with Crippen molar-refractivity contribution in [2.45, 2.75) is 40.3 Å². The number of benzene rings is 3. The second-order valence-corrected chi connectivity index (χ2v) is 8.70. The second kappa shape index (κ2) is 10.6. The lowest BCUT2D eigenvalue weighted by atomic mass is 9.96. The summed E-state index contributed by atoms with van der Waals surface area (Å²) in [7, 11) is 1.64. The van der Waals surface area contributed by atoms with Gasteiger partial charge in [-0.05, 0) is 74.9 Å². The number of carbonyl (C=O) groups is 1. The smallest absolute Gasteiger partial charge is 0.332 e. The zero-order valence-corrected chi connectivity index (χ0v) is 21.2. The summed E-state index contributed by atoms with van der Waals surface area (Å²) < 4.78 is 13.3. The van der Waals surface area contributed by atoms with Crippen LogP contribution in [0.3, 0.4) is 0 Å². The molecule has 184 valence electrons. The molecule has 1 atom stereocenters. The topological polar surface area (TPSA) is 85.8 Å². The highest BCUT2D eigenvalue weighted by Crippen LogP contribution is 2.32. The van der Waals surface area contributed by atoms with Crippen LogP contribution >= 0.6 is 0 Å². The molecule has 0 fully saturated rings. The van der Waals surface area contributed by atoms with Crippen molar-refractivity contribution in [1.29, 1.82) is 5.26 Å². The quantitative estimate of drug-likeness (QED) is 0.182. The molecule has 0 radical (unpaired) electrons. The van der Waals surface area contributed by atoms with Gasteiger partial charge in [-0.3, -0.25) is 0 Å². The molecule has 0 aliphatic heterocycles. The van der Waals surface area contributed by atoms with Crippen LogP contribution in [0.1, 0.15) is 43.0 Å². The van der Waals surface area contributed by atoms with E-state index in [0.717, 1.165) is 50.8 Å². The zero-order valence-electron chi connectivity index (χ0n) is 21.2. The van der Waals surface area contributed by atoms with Crippen molar-refractivity contribution >= 4 is 33.5 Å². The predicted molar refractivity (Wildman–Crippen MR) is 140 cm³/mol. The van der Waals surface area contributed by atoms with Crippen LogP contribution in [0.4, 0.5) is 0 Å². The van der Waals surface area contributed by atoms with Crippen molar-refractivity contribution < 1.29 is 19.1 Å². The van der Waals surface area contributed by atoms with Crippen LogP contribution in [0.2, 0.25) is 0 Å². The van der Waals surface area contributed by atoms with Crippen LogP contribution in [0.25, 0.3) is 21.8 Å². The minimum absolute atomic E-state index is 0.0916. The molecule has 7 nitrogen and oxygen atoms in total. The van der Waals surface area contributed by atoms with Gasteiger partial charge in [-0.2, -0.15) is 5.26 Å². The molecule has 0 bridgehead atoms. The molecule has 1 aromatic heterocycles. The average molecular weight is 484 g/mol. The van der Waals surface area contributed by atoms with E-state index in [1.54, 1.807) is 7.11 Å². The summed E-state index contributed by atoms with van der Waals surface area (Å²) in [6.07, 6.45) is -0.0916. The molecule has 0 amide bonds. The first kappa shape index (κ1) is 25.0. The number of oxime groups is 1. The highest BCUT2D eigenvalue weighted by atomic mass is 16.7. The summed E-state index contributed by atoms with van der Waals surface area (Å²) >= 11 is 0. The molecule has 0 aliphatic rings. The predicted octanol–water partition coefficient (Wildman–Crippen LogP) is 5.72. The normalized spacial score (nSPS) is 12.5. The number of nitriles is 1. The van der Waals surface area contributed by atoms with Crippen molar-refractivity contribution in [1.82, 2.24) is 4.57 Å². The third-order valence-corrected chi connectivity index (χ3v) is 6.04. The summed E-state index contributed by atoms with van der Waals surface area (Å²) in [6.45, 7) is 8.61. The molecular formula is C29H29N3O4. The number of carbonyl (C=O) groups excluding carboxylic acids is 1. The van der Waals surface area contributed by atoms with Gasteiger partial charge in [0.2, 0.25) is 0 Å². The number of hydrogen-bond acceptors (Lipinski definition) is 6. The lowest BCUT2D eigenvalue weighted by Gasteiger charge is -2.16. The van der Waals surface area contributed by atoms with Crippen LogP contribution in [-0.2, 0) is 20.9 Å². The van der Waals surface area contributed by atoms with E-state index in [-0.39, 0.29) is 6.10 Å². The average Bonchev–Trinajstić information content (AvgIpc) is 3.17. The van der Waals surface area contributed by atoms with E-state index in [4.69, 9.17) is 14.3 Å². The van der Waals surface area contributed by atoms with Crippen LogP contribution in [0.5, 0.6) is 5.75 Å². The van der Waals surface area contributed by atoms with E-state index in [1.165, 1.54) is 6.92 Å². The van der Waals surface area contributed by atoms with Gasteiger partial charge in [0.05, 0.1) is 18.2 Å². The molecule has 0 spiro atoms. The highest BCUT2D eigenvalue weighted by molar-refractivity contribution is 6.17. The van der Waals surface area contributed by atoms with E-state index in [0.29, 0.717) is 17.9 Å². The maximum atomic E-state index is 11.6. The van der Waals surface area contributed by atoms with E-state index >= 15 is 0 Å². The fourth-order valence-electron chi connectivity index (χ4n) is 4.51. The Balaban J connectivity index is 1.85. The number of methoxy groups -OCH3 is 1. The van der Waals surface area contributed by atoms with E-state index in [1.807, 2.05) is 68.4 Å². The second-order valence-electron chi connectivity index (χ2n) is 8.70. The Labute approximate surface area is 210 Å². The van der Waals surface area contributed by atoms with E-state index < -0.39 is 5.97 Å². The molecule has 0 saturated carbocycles. The molecule has 4 aromatic rings. The summed E-state index contributed by atoms with van der Waals surface area (Å²) in [5, 5.41) is 15.7. The summed E-state index contributed by atoms with van der Waals surface area (Å²) in [6, 6.07) is 19.8. The van der Waals surface area contributed by atoms with Gasteiger partial charge in [0.15, 0.2) is 0 Å². The van der Waals surface area contributed by atoms with Crippen LogP contribution in [0.15, 0.2) is 59.8 Å². The maximum Gasteiger partial charge on any atom is 0.332 e. The first-order chi connectivity index (χ1) is 17.4. The maximum absolute atomic E-state index is 11.6. The first-order valence-corrected chi connectivity index (χ1v) is 11.8. The minimum atomic E-state index is -0.499. The van der Waals surface area contributed by atoms with Crippen molar-refractivity contribution in [3.63, 3.8) is 0 Å². The molecule has 1 heterocycles. The number of nitrogens with zero attached hydrogens (tertiary/aromatic N) is 3. The van der Waals surface area contributed by atoms with E-state index in [2.05, 4.69) is 22.7 Å². The van der Waals surface area contributed by atoms with Gasteiger partial charge in [-0.25, -0.2) is 4.79 Å². The number of rotatable bonds is 8. The van der Waals surface area contributed by atoms with Gasteiger partial charge in [-0.1, -0.05) is 11.2 Å². The summed E-state index contributed by atoms with van der Waals surface area (Å²) in [5.74, 6) is 0.221. The molecule has 7 heteroatoms. The van der Waals surface area contributed by atoms with Gasteiger partial charge >= 0.3 is 5.97 Å². The summed E-state index contributed by atoms with van der Waals surface area (Å²) in [5.41, 5.74) is 5.80. The lowest BCUT2D eigenvalue weighted by Crippen LogP contribution is -2.18. The Hall–Kier alpha value is -4.15. The SMILES string of the molecule is CCn1c2ccc(C#N)cc2c2cc(/C(=N\OC(C)=O)c3ccc(OC(C)COC)cc3C)ccc21. The Morgan fingerprint density at radius 2 is 1.81 bits per heavy atom. The number of hydrogen-bond donors (Lipinski definition) is 0. The largest absolute Gasteiger partial charge is 0.488 e. The number of aryl methyl sites for hydroxylation is 2. The fraction of sp³-hybridized carbons (Fsp3) is 0.276. The molecular weight excluding hydrogens is 454 g/mol. The Bertz CT molecular complexity index is 1510. The fourth-order valence-corrected chi connectivity index (χ4v) is 4.51. The minimum Gasteiger partial charge on any atom is -0.488 e. The van der Waals surface area contributed by atoms with Crippen molar-refractivity contribution in [3.8, 4) is 11.8 Å². The van der Waals surface area contributed by atoms with Crippen LogP contribution in [-0.4, -0.2) is 36.1 Å². The monoisotopic (exact) mass is 483 g/mol. The van der Waals surface area contributed by atoms with Gasteiger partial charge in [0.25, 0.3) is 0 Å². The van der Waals surface area contributed by atoms with Crippen molar-refractivity contribution in [2.75, 3.05) is 13.7 Å². The molecule has 1 unspecified atom stereocenters. The van der Waals surface area contributed by atoms with Gasteiger partial charge in [0, 0.05) is 53.5 Å². The highest BCUT2D eigenvalue weighted by Gasteiger charge is 2.17. The zero-order chi connectivity index (χ0) is 25.8. The van der Waals surface area contributed by atoms with Crippen LogP contribution in [0, 0.1) is 18.3 Å². The molecule has 0 saturated heterocycles. The third kappa shape index (κ3) is 4.95. The number of ether oxygens (including phenoxy) is 2. The van der Waals surface area contributed by atoms with Gasteiger partial charge < -0.3 is 18.9 Å². The van der Waals surface area contributed by atoms with Crippen molar-refractivity contribution in [2.24, 2.45) is 5.16 Å². The Morgan fingerprint density at radius 1 is 1.08 bits per heavy atom. The lowest BCUT2D eigenvalue weighted by molar-refractivity contribution is -0.140. The first-order valence-electron chi connectivity index (χ1n) is 11.8. The Morgan fingerprint density at radius 3 is 2.44 bits per heavy atom. The van der Waals surface area contributed by atoms with Gasteiger partial charge in [0.1, 0.15) is 17.6 Å². The molecule has 36 heavy (non-hydrogen) atoms. The number of fused-ring (bicyclic) bond motifs is 3. The van der Waals surface area contributed by atoms with Crippen LogP contribution < -0.4 is 4.74 Å². The van der Waals surface area contributed by atoms with Crippen molar-refractivity contribution in [3.05, 3.63) is 76.9 Å². The molecule has 4 rings (SSSR count). The Kier molecular flexibility index (Phi) is 7.37. The van der Waals surface area contributed by atoms with Gasteiger partial charge in [-0.15, -0.1) is 0 Å². The van der Waals surface area contributed by atoms with E-state index in [9.17, 15) is 10.1 Å². The third-order valence-electron chi connectivity index (χ3n) is 6.04. The summed E-state index contributed by atoms with van der Waals surface area (Å²) in [4.78, 5) is 16.7. The molecule has 3 aromatic carbocycles. The standard InChI is InChI=1S/C29H29N3O4/c1-6-32-27-11-7-21(16-30)14-25(27)26-15-22(8-12-28(26)32)29(31-36-20(4)33)24-10-9-23(13-18(24)2)35-19(3)17-34-5/h7-15,19H,6,17H2,1-5H3/b31-29+. The number of aromatic nitrogens is 1. The molecule has 0 aliphatic carbocycles.